The zero-order chi connectivity index (χ0) is 43.8. The van der Waals surface area contributed by atoms with E-state index in [9.17, 15) is 0 Å². The van der Waals surface area contributed by atoms with E-state index in [0.717, 1.165) is 34.2 Å². The number of aryl methyl sites for hydroxylation is 6. The van der Waals surface area contributed by atoms with Crippen LogP contribution in [0.3, 0.4) is 0 Å². The SMILES string of the molecule is C[Si](C)=[Zr]([Cl])[Cl].Cc1cc(-c2cc3c(-c4ccc([Si](C)(C)C)cc4)c(C)ccc3[cH-]2)oc1C.Cc1cc(-c2cc3c(-c4ccc([Si](C)(C)C)cc4)c(C)ccc3[cH-]2)oc1C. The molecule has 8 aromatic rings. The first-order valence-electron chi connectivity index (χ1n) is 20.9. The summed E-state index contributed by atoms with van der Waals surface area (Å²) in [5.41, 5.74) is 12.4. The summed E-state index contributed by atoms with van der Waals surface area (Å²) in [5.74, 6) is 3.90. The minimum absolute atomic E-state index is 0.224. The summed E-state index contributed by atoms with van der Waals surface area (Å²) in [5, 5.41) is 8.15. The van der Waals surface area contributed by atoms with Gasteiger partial charge in [0.15, 0.2) is 0 Å². The van der Waals surface area contributed by atoms with Crippen molar-refractivity contribution in [3.8, 4) is 44.9 Å². The number of hydrogen-bond acceptors (Lipinski definition) is 2. The first-order valence-corrected chi connectivity index (χ1v) is 40.4. The maximum absolute atomic E-state index is 5.96. The van der Waals surface area contributed by atoms with Gasteiger partial charge in [-0.3, -0.25) is 0 Å². The Hall–Kier alpha value is -3.23. The van der Waals surface area contributed by atoms with E-state index >= 15 is 0 Å². The fourth-order valence-corrected chi connectivity index (χ4v) is 9.87. The molecule has 2 heterocycles. The largest absolute Gasteiger partial charge is 0.496 e. The summed E-state index contributed by atoms with van der Waals surface area (Å²) in [6.07, 6.45) is 0. The molecular weight excluding hydrogens is 903 g/mol. The first kappa shape index (κ1) is 46.3. The van der Waals surface area contributed by atoms with Gasteiger partial charge in [0.1, 0.15) is 0 Å². The maximum atomic E-state index is 5.96. The van der Waals surface area contributed by atoms with Crippen molar-refractivity contribution in [3.63, 3.8) is 0 Å². The maximum Gasteiger partial charge on any atom is 0.0925 e. The van der Waals surface area contributed by atoms with Crippen molar-refractivity contribution in [2.24, 2.45) is 0 Å². The molecule has 312 valence electrons. The minimum Gasteiger partial charge on any atom is -0.496 e. The molecule has 0 fully saturated rings. The molecule has 0 saturated heterocycles. The van der Waals surface area contributed by atoms with Crippen molar-refractivity contribution in [1.29, 1.82) is 0 Å². The molecule has 0 N–H and O–H groups in total. The van der Waals surface area contributed by atoms with Gasteiger partial charge in [-0.15, -0.1) is 57.9 Å². The zero-order valence-electron chi connectivity index (χ0n) is 38.0. The molecule has 2 aromatic heterocycles. The van der Waals surface area contributed by atoms with Gasteiger partial charge in [0, 0.05) is 0 Å². The molecule has 8 heteroatoms. The molecule has 0 spiro atoms. The van der Waals surface area contributed by atoms with Crippen molar-refractivity contribution in [2.75, 3.05) is 0 Å². The van der Waals surface area contributed by atoms with Gasteiger partial charge in [0.2, 0.25) is 0 Å². The smallest absolute Gasteiger partial charge is 0.0925 e. The zero-order valence-corrected chi connectivity index (χ0v) is 44.9. The average Bonchev–Trinajstić information content (AvgIpc) is 3.97. The van der Waals surface area contributed by atoms with Gasteiger partial charge in [0.05, 0.1) is 39.2 Å². The van der Waals surface area contributed by atoms with Crippen molar-refractivity contribution < 1.29 is 26.8 Å². The monoisotopic (exact) mass is 960 g/mol. The third kappa shape index (κ3) is 10.5. The standard InChI is InChI=1S/2C25H27OSi.C2H6Si.2ClH.Zr/c2*1-16-7-8-20-14-21(24-13-17(2)18(3)26-24)15-23(20)25(16)19-9-11-22(12-10-19)27(4,5)6;1-3-2;;;/h2*7-15H,1-6H3;1-2H3;2*1H;/q2*-1;;;;+2/p-2. The summed E-state index contributed by atoms with van der Waals surface area (Å²) in [4.78, 5) is 0. The Morgan fingerprint density at radius 2 is 0.817 bits per heavy atom. The number of benzene rings is 4. The fourth-order valence-electron chi connectivity index (χ4n) is 7.54. The third-order valence-corrected chi connectivity index (χ3v) is 35.4. The van der Waals surface area contributed by atoms with Crippen LogP contribution in [0.25, 0.3) is 66.4 Å². The summed E-state index contributed by atoms with van der Waals surface area (Å²) in [6, 6.07) is 40.7. The Bertz CT molecular complexity index is 2580. The van der Waals surface area contributed by atoms with E-state index in [2.05, 4.69) is 189 Å². The molecule has 0 radical (unpaired) electrons. The van der Waals surface area contributed by atoms with Crippen LogP contribution in [0.1, 0.15) is 33.8 Å². The Balaban J connectivity index is 0.000000177. The van der Waals surface area contributed by atoms with E-state index < -0.39 is 34.1 Å². The Kier molecular flexibility index (Phi) is 14.4. The average molecular weight is 963 g/mol. The molecule has 0 aliphatic carbocycles. The van der Waals surface area contributed by atoms with Crippen LogP contribution in [0, 0.1) is 41.5 Å². The van der Waals surface area contributed by atoms with E-state index in [1.807, 2.05) is 13.8 Å². The molecule has 0 amide bonds. The molecule has 0 aliphatic heterocycles. The van der Waals surface area contributed by atoms with E-state index in [1.165, 1.54) is 76.4 Å². The molecule has 60 heavy (non-hydrogen) atoms. The second-order valence-electron chi connectivity index (χ2n) is 18.6. The van der Waals surface area contributed by atoms with Crippen molar-refractivity contribution in [1.82, 2.24) is 0 Å². The summed E-state index contributed by atoms with van der Waals surface area (Å²) in [6.45, 7) is 31.3. The molecule has 0 saturated carbocycles. The second kappa shape index (κ2) is 18.6. The molecule has 2 nitrogen and oxygen atoms in total. The molecule has 0 aliphatic rings. The molecule has 0 bridgehead atoms. The Morgan fingerprint density at radius 1 is 0.483 bits per heavy atom. The van der Waals surface area contributed by atoms with Crippen LogP contribution in [0.4, 0.5) is 0 Å². The number of halogens is 2. The first-order chi connectivity index (χ1) is 28.1. The third-order valence-electron chi connectivity index (χ3n) is 11.6. The van der Waals surface area contributed by atoms with Crippen LogP contribution < -0.4 is 10.4 Å². The number of furan rings is 2. The van der Waals surface area contributed by atoms with E-state index in [1.54, 1.807) is 0 Å². The van der Waals surface area contributed by atoms with Gasteiger partial charge in [0.25, 0.3) is 0 Å². The van der Waals surface area contributed by atoms with E-state index in [4.69, 9.17) is 25.9 Å². The van der Waals surface area contributed by atoms with E-state index in [0.29, 0.717) is 0 Å². The molecule has 6 aromatic carbocycles. The Labute approximate surface area is 376 Å². The predicted molar refractivity (Wildman–Crippen MR) is 269 cm³/mol. The molecular formula is C52H60Cl2O2Si3Zr-2. The van der Waals surface area contributed by atoms with Crippen LogP contribution in [0.2, 0.25) is 52.4 Å². The van der Waals surface area contributed by atoms with Crippen molar-refractivity contribution in [3.05, 3.63) is 143 Å². The molecule has 8 rings (SSSR count). The summed E-state index contributed by atoms with van der Waals surface area (Å²) < 4.78 is 11.9. The second-order valence-corrected chi connectivity index (χ2v) is 51.8. The van der Waals surface area contributed by atoms with Crippen molar-refractivity contribution in [2.45, 2.75) is 93.9 Å². The van der Waals surface area contributed by atoms with Gasteiger partial charge < -0.3 is 8.83 Å². The number of rotatable bonds is 6. The van der Waals surface area contributed by atoms with Gasteiger partial charge in [-0.05, 0) is 87.1 Å². The minimum atomic E-state index is -1.65. The van der Waals surface area contributed by atoms with E-state index in [-0.39, 0.29) is 5.43 Å². The van der Waals surface area contributed by atoms with Gasteiger partial charge in [-0.2, -0.15) is 0 Å². The van der Waals surface area contributed by atoms with Crippen LogP contribution in [-0.4, -0.2) is 21.6 Å². The predicted octanol–water partition coefficient (Wildman–Crippen LogP) is 16.1. The molecule has 0 atom stereocenters. The normalized spacial score (nSPS) is 11.7. The van der Waals surface area contributed by atoms with Crippen LogP contribution in [0.15, 0.2) is 118 Å². The summed E-state index contributed by atoms with van der Waals surface area (Å²) >= 11 is -1.65. The summed E-state index contributed by atoms with van der Waals surface area (Å²) in [7, 11) is 8.68. The molecule has 0 unspecified atom stereocenters. The van der Waals surface area contributed by atoms with Crippen LogP contribution >= 0.6 is 17.0 Å². The fraction of sp³-hybridized carbons (Fsp3) is 0.269. The van der Waals surface area contributed by atoms with Gasteiger partial charge in [-0.25, -0.2) is 0 Å². The Morgan fingerprint density at radius 3 is 1.08 bits per heavy atom. The van der Waals surface area contributed by atoms with Crippen LogP contribution in [-0.2, 0) is 18.0 Å². The topological polar surface area (TPSA) is 26.3 Å². The number of hydrogen-bond donors (Lipinski definition) is 0. The van der Waals surface area contributed by atoms with Crippen molar-refractivity contribution >= 4 is 70.5 Å². The number of fused-ring (bicyclic) bond motifs is 2. The van der Waals surface area contributed by atoms with Crippen LogP contribution in [0.5, 0.6) is 0 Å². The van der Waals surface area contributed by atoms with Gasteiger partial charge in [-0.1, -0.05) is 133 Å². The van der Waals surface area contributed by atoms with Gasteiger partial charge >= 0.3 is 53.5 Å². The quantitative estimate of drug-likeness (QED) is 0.123.